The Hall–Kier alpha value is -0.640. The molecule has 0 spiro atoms. The summed E-state index contributed by atoms with van der Waals surface area (Å²) in [4.78, 5) is 2.28. The third kappa shape index (κ3) is 36.2. The van der Waals surface area contributed by atoms with E-state index in [1.54, 1.807) is 0 Å². The highest BCUT2D eigenvalue weighted by atomic mass is 16.3. The minimum absolute atomic E-state index is 0.190. The van der Waals surface area contributed by atoms with Gasteiger partial charge in [0, 0.05) is 19.6 Å². The van der Waals surface area contributed by atoms with Crippen LogP contribution in [0.25, 0.3) is 0 Å². The lowest BCUT2D eigenvalue weighted by atomic mass is 9.93. The zero-order valence-corrected chi connectivity index (χ0v) is 31.7. The zero-order chi connectivity index (χ0) is 33.4. The van der Waals surface area contributed by atoms with E-state index in [0.717, 1.165) is 6.54 Å². The van der Waals surface area contributed by atoms with Gasteiger partial charge in [-0.25, -0.2) is 0 Å². The van der Waals surface area contributed by atoms with E-state index in [-0.39, 0.29) is 13.2 Å². The van der Waals surface area contributed by atoms with Gasteiger partial charge in [0.05, 0.1) is 13.2 Å². The molecule has 274 valence electrons. The molecule has 0 amide bonds. The van der Waals surface area contributed by atoms with Crippen molar-refractivity contribution in [3.05, 3.63) is 24.3 Å². The third-order valence-corrected chi connectivity index (χ3v) is 9.85. The molecule has 0 saturated heterocycles. The molecular formula is C43H85NO2. The standard InChI is InChI=1S/C43H85NO2/c1-3-5-7-9-11-13-15-17-19-21-23-25-27-29-31-33-35-37-43(42-44(38-40-45)39-41-46)36-34-32-30-28-26-24-22-20-18-16-14-12-10-8-6-4-2/h17-20,43,45-46H,3-16,21-42H2,1-2H3/b19-17-,20-18-. The molecule has 0 aliphatic carbocycles. The molecule has 46 heavy (non-hydrogen) atoms. The minimum atomic E-state index is 0.190. The van der Waals surface area contributed by atoms with Crippen molar-refractivity contribution in [2.45, 2.75) is 213 Å². The van der Waals surface area contributed by atoms with Gasteiger partial charge in [0.1, 0.15) is 0 Å². The maximum Gasteiger partial charge on any atom is 0.0558 e. The van der Waals surface area contributed by atoms with Crippen LogP contribution in [0.15, 0.2) is 24.3 Å². The van der Waals surface area contributed by atoms with Crippen LogP contribution in [0.5, 0.6) is 0 Å². The molecule has 0 rings (SSSR count). The van der Waals surface area contributed by atoms with E-state index in [4.69, 9.17) is 0 Å². The first-order valence-electron chi connectivity index (χ1n) is 21.0. The molecule has 1 unspecified atom stereocenters. The number of nitrogens with zero attached hydrogens (tertiary/aromatic N) is 1. The molecule has 2 N–H and O–H groups in total. The van der Waals surface area contributed by atoms with Gasteiger partial charge in [-0.2, -0.15) is 0 Å². The lowest BCUT2D eigenvalue weighted by Crippen LogP contribution is -2.34. The lowest BCUT2D eigenvalue weighted by Gasteiger charge is -2.26. The Morgan fingerprint density at radius 2 is 0.674 bits per heavy atom. The average Bonchev–Trinajstić information content (AvgIpc) is 3.06. The normalized spacial score (nSPS) is 12.8. The van der Waals surface area contributed by atoms with Crippen LogP contribution in [0.1, 0.15) is 213 Å². The van der Waals surface area contributed by atoms with Crippen molar-refractivity contribution in [2.75, 3.05) is 32.8 Å². The average molecular weight is 648 g/mol. The second kappa shape index (κ2) is 40.5. The highest BCUT2D eigenvalue weighted by Gasteiger charge is 2.14. The van der Waals surface area contributed by atoms with E-state index in [2.05, 4.69) is 43.1 Å². The van der Waals surface area contributed by atoms with Gasteiger partial charge >= 0.3 is 0 Å². The Bertz CT molecular complexity index is 598. The second-order valence-corrected chi connectivity index (χ2v) is 14.4. The first-order chi connectivity index (χ1) is 22.8. The van der Waals surface area contributed by atoms with E-state index in [1.165, 1.54) is 199 Å². The van der Waals surface area contributed by atoms with Crippen molar-refractivity contribution in [1.29, 1.82) is 0 Å². The quantitative estimate of drug-likeness (QED) is 0.0515. The molecule has 0 aromatic rings. The highest BCUT2D eigenvalue weighted by Crippen LogP contribution is 2.21. The summed E-state index contributed by atoms with van der Waals surface area (Å²) in [6.45, 7) is 7.39. The monoisotopic (exact) mass is 648 g/mol. The van der Waals surface area contributed by atoms with Crippen molar-refractivity contribution in [1.82, 2.24) is 4.90 Å². The Balaban J connectivity index is 3.91. The summed E-state index contributed by atoms with van der Waals surface area (Å²) in [5.74, 6) is 0.706. The third-order valence-electron chi connectivity index (χ3n) is 9.85. The van der Waals surface area contributed by atoms with E-state index in [9.17, 15) is 10.2 Å². The first kappa shape index (κ1) is 45.4. The summed E-state index contributed by atoms with van der Waals surface area (Å²) in [6, 6.07) is 0. The van der Waals surface area contributed by atoms with E-state index >= 15 is 0 Å². The van der Waals surface area contributed by atoms with E-state index in [1.807, 2.05) is 0 Å². The maximum absolute atomic E-state index is 9.50. The van der Waals surface area contributed by atoms with Gasteiger partial charge in [-0.15, -0.1) is 0 Å². The molecule has 0 fully saturated rings. The van der Waals surface area contributed by atoms with Gasteiger partial charge < -0.3 is 10.2 Å². The van der Waals surface area contributed by atoms with Gasteiger partial charge in [-0.3, -0.25) is 4.90 Å². The molecule has 0 aromatic heterocycles. The van der Waals surface area contributed by atoms with Crippen molar-refractivity contribution in [3.63, 3.8) is 0 Å². The van der Waals surface area contributed by atoms with Crippen LogP contribution < -0.4 is 0 Å². The highest BCUT2D eigenvalue weighted by molar-refractivity contribution is 4.82. The molecule has 3 heteroatoms. The Morgan fingerprint density at radius 3 is 0.978 bits per heavy atom. The molecule has 3 nitrogen and oxygen atoms in total. The summed E-state index contributed by atoms with van der Waals surface area (Å²) in [6.07, 6.45) is 52.0. The molecule has 0 aliphatic rings. The minimum Gasteiger partial charge on any atom is -0.395 e. The van der Waals surface area contributed by atoms with Gasteiger partial charge in [0.15, 0.2) is 0 Å². The van der Waals surface area contributed by atoms with Crippen molar-refractivity contribution >= 4 is 0 Å². The lowest BCUT2D eigenvalue weighted by molar-refractivity contribution is 0.138. The van der Waals surface area contributed by atoms with Gasteiger partial charge in [-0.05, 0) is 70.1 Å². The maximum atomic E-state index is 9.50. The topological polar surface area (TPSA) is 43.7 Å². The van der Waals surface area contributed by atoms with Crippen molar-refractivity contribution < 1.29 is 10.2 Å². The molecule has 0 aromatic carbocycles. The summed E-state index contributed by atoms with van der Waals surface area (Å²) in [7, 11) is 0. The first-order valence-corrected chi connectivity index (χ1v) is 21.0. The summed E-state index contributed by atoms with van der Waals surface area (Å²) in [5, 5.41) is 19.0. The Morgan fingerprint density at radius 1 is 0.391 bits per heavy atom. The Kier molecular flexibility index (Phi) is 40.0. The van der Waals surface area contributed by atoms with Crippen molar-refractivity contribution in [3.8, 4) is 0 Å². The fraction of sp³-hybridized carbons (Fsp3) is 0.907. The predicted octanol–water partition coefficient (Wildman–Crippen LogP) is 13.1. The summed E-state index contributed by atoms with van der Waals surface area (Å²) in [5.41, 5.74) is 0. The molecule has 0 aliphatic heterocycles. The number of rotatable bonds is 39. The molecule has 0 radical (unpaired) electrons. The number of unbranched alkanes of at least 4 members (excludes halogenated alkanes) is 25. The molecule has 0 saturated carbocycles. The fourth-order valence-corrected chi connectivity index (χ4v) is 6.81. The van der Waals surface area contributed by atoms with E-state index < -0.39 is 0 Å². The van der Waals surface area contributed by atoms with Crippen molar-refractivity contribution in [2.24, 2.45) is 5.92 Å². The van der Waals surface area contributed by atoms with Crippen LogP contribution in [-0.2, 0) is 0 Å². The molecule has 0 heterocycles. The second-order valence-electron chi connectivity index (χ2n) is 14.4. The van der Waals surface area contributed by atoms with Gasteiger partial charge in [0.2, 0.25) is 0 Å². The zero-order valence-electron chi connectivity index (χ0n) is 31.7. The van der Waals surface area contributed by atoms with Crippen LogP contribution in [0, 0.1) is 5.92 Å². The number of aliphatic hydroxyl groups is 2. The summed E-state index contributed by atoms with van der Waals surface area (Å²) >= 11 is 0. The molecule has 1 atom stereocenters. The van der Waals surface area contributed by atoms with Crippen LogP contribution in [-0.4, -0.2) is 48.0 Å². The van der Waals surface area contributed by atoms with Crippen LogP contribution in [0.4, 0.5) is 0 Å². The predicted molar refractivity (Wildman–Crippen MR) is 207 cm³/mol. The van der Waals surface area contributed by atoms with Gasteiger partial charge in [-0.1, -0.05) is 173 Å². The smallest absolute Gasteiger partial charge is 0.0558 e. The fourth-order valence-electron chi connectivity index (χ4n) is 6.81. The van der Waals surface area contributed by atoms with Crippen LogP contribution in [0.3, 0.4) is 0 Å². The Labute approximate surface area is 290 Å². The number of hydrogen-bond donors (Lipinski definition) is 2. The SMILES string of the molecule is CCCCCCCC/C=C\CCCCCCCCCC(CCCCCCCC/C=C\CCCCCCCC)CN(CCO)CCO. The largest absolute Gasteiger partial charge is 0.395 e. The number of hydrogen-bond acceptors (Lipinski definition) is 3. The number of allylic oxidation sites excluding steroid dienone is 4. The summed E-state index contributed by atoms with van der Waals surface area (Å²) < 4.78 is 0. The number of aliphatic hydroxyl groups excluding tert-OH is 2. The van der Waals surface area contributed by atoms with Gasteiger partial charge in [0.25, 0.3) is 0 Å². The molecular weight excluding hydrogens is 562 g/mol. The van der Waals surface area contributed by atoms with E-state index in [0.29, 0.717) is 19.0 Å². The van der Waals surface area contributed by atoms with Crippen LogP contribution >= 0.6 is 0 Å². The van der Waals surface area contributed by atoms with Crippen LogP contribution in [0.2, 0.25) is 0 Å². The molecule has 0 bridgehead atoms.